The van der Waals surface area contributed by atoms with Crippen LogP contribution in [0.4, 0.5) is 4.79 Å². The fraction of sp³-hybridized carbons (Fsp3) is 0.667. The average Bonchev–Trinajstić information content (AvgIpc) is 2.29. The maximum atomic E-state index is 10.9. The van der Waals surface area contributed by atoms with Crippen LogP contribution in [0.2, 0.25) is 0 Å². The minimum Gasteiger partial charge on any atom is -0.330 e. The third-order valence-corrected chi connectivity index (χ3v) is 1.52. The van der Waals surface area contributed by atoms with Crippen LogP contribution in [0.5, 0.6) is 0 Å². The Hall–Kier alpha value is -1.10. The van der Waals surface area contributed by atoms with E-state index in [0.29, 0.717) is 19.5 Å². The second-order valence-corrected chi connectivity index (χ2v) is 2.35. The van der Waals surface area contributed by atoms with Gasteiger partial charge >= 0.3 is 6.03 Å². The van der Waals surface area contributed by atoms with Gasteiger partial charge in [-0.05, 0) is 13.0 Å². The summed E-state index contributed by atoms with van der Waals surface area (Å²) in [5.41, 5.74) is 5.23. The zero-order valence-electron chi connectivity index (χ0n) is 6.17. The van der Waals surface area contributed by atoms with Gasteiger partial charge in [0, 0.05) is 6.54 Å². The highest BCUT2D eigenvalue weighted by atomic mass is 16.2. The predicted molar refractivity (Wildman–Crippen MR) is 38.8 cm³/mol. The number of nitrogens with two attached hydrogens (primary N) is 1. The molecule has 0 aliphatic carbocycles. The highest BCUT2D eigenvalue weighted by molar-refractivity contribution is 6.01. The molecule has 5 nitrogen and oxygen atoms in total. The molecule has 1 rings (SSSR count). The minimum absolute atomic E-state index is 0.128. The van der Waals surface area contributed by atoms with Crippen LogP contribution in [0.15, 0.2) is 0 Å². The van der Waals surface area contributed by atoms with Crippen molar-refractivity contribution in [3.8, 4) is 0 Å². The Morgan fingerprint density at radius 1 is 1.55 bits per heavy atom. The van der Waals surface area contributed by atoms with Crippen molar-refractivity contribution >= 4 is 11.9 Å². The van der Waals surface area contributed by atoms with Crippen LogP contribution >= 0.6 is 0 Å². The highest BCUT2D eigenvalue weighted by Gasteiger charge is 2.27. The molecule has 0 aromatic carbocycles. The van der Waals surface area contributed by atoms with Gasteiger partial charge in [0.1, 0.15) is 0 Å². The predicted octanol–water partition coefficient (Wildman–Crippen LogP) is -1.11. The molecule has 0 bridgehead atoms. The molecule has 3 amide bonds. The molecule has 0 saturated carbocycles. The van der Waals surface area contributed by atoms with Gasteiger partial charge in [0.15, 0.2) is 0 Å². The quantitative estimate of drug-likeness (QED) is 0.510. The van der Waals surface area contributed by atoms with Crippen molar-refractivity contribution in [1.82, 2.24) is 10.2 Å². The van der Waals surface area contributed by atoms with E-state index in [1.165, 1.54) is 4.90 Å². The molecule has 1 aliphatic rings. The van der Waals surface area contributed by atoms with Crippen LogP contribution in [0, 0.1) is 0 Å². The van der Waals surface area contributed by atoms with E-state index in [0.717, 1.165) is 0 Å². The Balaban J connectivity index is 2.41. The standard InChI is InChI=1S/C6H11N3O2/c7-2-1-3-9-5(10)4-8-6(9)11/h1-4,7H2,(H,8,11). The minimum atomic E-state index is -0.302. The van der Waals surface area contributed by atoms with Crippen LogP contribution in [-0.2, 0) is 4.79 Å². The second-order valence-electron chi connectivity index (χ2n) is 2.35. The first kappa shape index (κ1) is 8.00. The summed E-state index contributed by atoms with van der Waals surface area (Å²) in [4.78, 5) is 22.9. The van der Waals surface area contributed by atoms with Gasteiger partial charge < -0.3 is 11.1 Å². The van der Waals surface area contributed by atoms with Crippen molar-refractivity contribution in [3.63, 3.8) is 0 Å². The number of carbonyl (C=O) groups is 2. The van der Waals surface area contributed by atoms with Crippen LogP contribution in [0.25, 0.3) is 0 Å². The third kappa shape index (κ3) is 1.68. The van der Waals surface area contributed by atoms with E-state index in [4.69, 9.17) is 5.73 Å². The number of nitrogens with one attached hydrogen (secondary N) is 1. The first-order chi connectivity index (χ1) is 5.25. The zero-order chi connectivity index (χ0) is 8.27. The van der Waals surface area contributed by atoms with Crippen molar-refractivity contribution in [2.24, 2.45) is 5.73 Å². The van der Waals surface area contributed by atoms with Crippen LogP contribution in [0.1, 0.15) is 6.42 Å². The Morgan fingerprint density at radius 2 is 2.27 bits per heavy atom. The lowest BCUT2D eigenvalue weighted by atomic mass is 10.4. The van der Waals surface area contributed by atoms with E-state index in [-0.39, 0.29) is 18.5 Å². The van der Waals surface area contributed by atoms with Crippen molar-refractivity contribution in [2.45, 2.75) is 6.42 Å². The number of nitrogens with zero attached hydrogens (tertiary/aromatic N) is 1. The number of hydrogen-bond acceptors (Lipinski definition) is 3. The molecule has 1 aliphatic heterocycles. The Kier molecular flexibility index (Phi) is 2.43. The lowest BCUT2D eigenvalue weighted by Gasteiger charge is -2.10. The van der Waals surface area contributed by atoms with Gasteiger partial charge in [0.2, 0.25) is 5.91 Å². The molecule has 1 fully saturated rings. The third-order valence-electron chi connectivity index (χ3n) is 1.52. The number of hydrogen-bond donors (Lipinski definition) is 2. The van der Waals surface area contributed by atoms with Gasteiger partial charge in [-0.2, -0.15) is 0 Å². The number of rotatable bonds is 3. The van der Waals surface area contributed by atoms with E-state index >= 15 is 0 Å². The van der Waals surface area contributed by atoms with Crippen molar-refractivity contribution in [3.05, 3.63) is 0 Å². The molecule has 0 aromatic rings. The number of carbonyl (C=O) groups excluding carboxylic acids is 2. The van der Waals surface area contributed by atoms with Crippen molar-refractivity contribution in [2.75, 3.05) is 19.6 Å². The van der Waals surface area contributed by atoms with E-state index in [1.54, 1.807) is 0 Å². The summed E-state index contributed by atoms with van der Waals surface area (Å²) < 4.78 is 0. The largest absolute Gasteiger partial charge is 0.330 e. The maximum Gasteiger partial charge on any atom is 0.324 e. The average molecular weight is 157 g/mol. The van der Waals surface area contributed by atoms with Crippen molar-refractivity contribution in [1.29, 1.82) is 0 Å². The van der Waals surface area contributed by atoms with Gasteiger partial charge in [-0.25, -0.2) is 4.79 Å². The van der Waals surface area contributed by atoms with E-state index in [2.05, 4.69) is 5.32 Å². The summed E-state index contributed by atoms with van der Waals surface area (Å²) in [5, 5.41) is 2.42. The summed E-state index contributed by atoms with van der Waals surface area (Å²) in [6, 6.07) is -0.302. The first-order valence-electron chi connectivity index (χ1n) is 3.54. The lowest BCUT2D eigenvalue weighted by molar-refractivity contribution is -0.124. The van der Waals surface area contributed by atoms with Gasteiger partial charge in [-0.3, -0.25) is 9.69 Å². The van der Waals surface area contributed by atoms with E-state index < -0.39 is 0 Å². The SMILES string of the molecule is NCCCN1C(=O)CNC1=O. The molecule has 62 valence electrons. The summed E-state index contributed by atoms with van der Waals surface area (Å²) >= 11 is 0. The molecule has 0 atom stereocenters. The number of urea groups is 1. The fourth-order valence-electron chi connectivity index (χ4n) is 0.931. The fourth-order valence-corrected chi connectivity index (χ4v) is 0.931. The zero-order valence-corrected chi connectivity index (χ0v) is 6.17. The molecule has 0 aromatic heterocycles. The molecule has 0 unspecified atom stereocenters. The highest BCUT2D eigenvalue weighted by Crippen LogP contribution is 1.98. The van der Waals surface area contributed by atoms with Gasteiger partial charge in [0.05, 0.1) is 6.54 Å². The summed E-state index contributed by atoms with van der Waals surface area (Å²) in [6.07, 6.45) is 0.666. The number of amides is 3. The summed E-state index contributed by atoms with van der Waals surface area (Å²) in [5.74, 6) is -0.163. The van der Waals surface area contributed by atoms with Gasteiger partial charge in [-0.1, -0.05) is 0 Å². The Labute approximate surface area is 64.5 Å². The first-order valence-corrected chi connectivity index (χ1v) is 3.54. The van der Waals surface area contributed by atoms with Crippen LogP contribution < -0.4 is 11.1 Å². The summed E-state index contributed by atoms with van der Waals surface area (Å²) in [7, 11) is 0. The molecule has 5 heteroatoms. The smallest absolute Gasteiger partial charge is 0.324 e. The van der Waals surface area contributed by atoms with Gasteiger partial charge in [-0.15, -0.1) is 0 Å². The molecular weight excluding hydrogens is 146 g/mol. The molecule has 1 heterocycles. The monoisotopic (exact) mass is 157 g/mol. The Morgan fingerprint density at radius 3 is 2.73 bits per heavy atom. The van der Waals surface area contributed by atoms with Gasteiger partial charge in [0.25, 0.3) is 0 Å². The molecule has 0 radical (unpaired) electrons. The summed E-state index contributed by atoms with van der Waals surface area (Å²) in [6.45, 7) is 1.06. The molecule has 0 spiro atoms. The molecule has 3 N–H and O–H groups in total. The van der Waals surface area contributed by atoms with Crippen molar-refractivity contribution < 1.29 is 9.59 Å². The maximum absolute atomic E-state index is 10.9. The topological polar surface area (TPSA) is 75.4 Å². The normalized spacial score (nSPS) is 17.4. The van der Waals surface area contributed by atoms with Crippen LogP contribution in [-0.4, -0.2) is 36.5 Å². The second kappa shape index (κ2) is 3.34. The molecule has 1 saturated heterocycles. The van der Waals surface area contributed by atoms with Crippen LogP contribution in [0.3, 0.4) is 0 Å². The molecule has 11 heavy (non-hydrogen) atoms. The van der Waals surface area contributed by atoms with E-state index in [1.807, 2.05) is 0 Å². The lowest BCUT2D eigenvalue weighted by Crippen LogP contribution is -2.32. The Bertz CT molecular complexity index is 165. The van der Waals surface area contributed by atoms with E-state index in [9.17, 15) is 9.59 Å². The number of imide groups is 1. The molecular formula is C6H11N3O2.